The van der Waals surface area contributed by atoms with E-state index >= 15 is 4.39 Å². The van der Waals surface area contributed by atoms with Crippen LogP contribution >= 0.6 is 7.82 Å². The number of hydrogen-bond acceptors (Lipinski definition) is 14. The Morgan fingerprint density at radius 1 is 1.15 bits per heavy atom. The molecule has 0 aromatic carbocycles. The van der Waals surface area contributed by atoms with Gasteiger partial charge in [0.2, 0.25) is 13.6 Å². The van der Waals surface area contributed by atoms with Gasteiger partial charge < -0.3 is 39.8 Å². The van der Waals surface area contributed by atoms with Crippen LogP contribution in [0, 0.1) is 0 Å². The minimum Gasteiger partial charge on any atom is -0.432 e. The van der Waals surface area contributed by atoms with E-state index in [0.717, 1.165) is 4.90 Å². The number of nitrogens with two attached hydrogens (primary N) is 1. The minimum absolute atomic E-state index is 0.0851. The molecule has 5 atom stereocenters. The van der Waals surface area contributed by atoms with Gasteiger partial charge in [-0.25, -0.2) is 32.4 Å². The van der Waals surface area contributed by atoms with E-state index in [1.165, 1.54) is 19.2 Å². The lowest BCUT2D eigenvalue weighted by Crippen LogP contribution is -2.54. The Morgan fingerprint density at radius 3 is 2.15 bits per heavy atom. The number of aliphatic hydroxyl groups excluding tert-OH is 1. The molecule has 39 heavy (non-hydrogen) atoms. The van der Waals surface area contributed by atoms with Crippen molar-refractivity contribution in [1.29, 1.82) is 0 Å². The molecule has 2 aliphatic rings. The number of carbonyl (C=O) groups is 3. The van der Waals surface area contributed by atoms with Gasteiger partial charge in [0, 0.05) is 6.20 Å². The number of urea groups is 1. The zero-order chi connectivity index (χ0) is 29.4. The summed E-state index contributed by atoms with van der Waals surface area (Å²) in [6, 6.07) is -0.772. The van der Waals surface area contributed by atoms with E-state index in [2.05, 4.69) is 14.8 Å². The average molecular weight is 587 g/mol. The fourth-order valence-electron chi connectivity index (χ4n) is 3.30. The summed E-state index contributed by atoms with van der Waals surface area (Å²) in [6.45, 7) is 5.03. The van der Waals surface area contributed by atoms with Crippen molar-refractivity contribution in [3.05, 3.63) is 12.3 Å². The van der Waals surface area contributed by atoms with Gasteiger partial charge in [0.25, 0.3) is 0 Å². The first kappa shape index (κ1) is 32.7. The van der Waals surface area contributed by atoms with Gasteiger partial charge in [-0.15, -0.1) is 0 Å². The van der Waals surface area contributed by atoms with Gasteiger partial charge in [0.05, 0.1) is 25.0 Å². The maximum atomic E-state index is 15.1. The summed E-state index contributed by atoms with van der Waals surface area (Å²) in [5.41, 5.74) is 3.76. The topological polar surface area (TPSA) is 204 Å². The summed E-state index contributed by atoms with van der Waals surface area (Å²) in [4.78, 5) is 36.3. The molecule has 2 amide bonds. The van der Waals surface area contributed by atoms with Crippen molar-refractivity contribution >= 4 is 26.2 Å². The Kier molecular flexibility index (Phi) is 11.9. The Morgan fingerprint density at radius 2 is 1.69 bits per heavy atom. The number of hydrogen-bond donors (Lipinski definition) is 3. The van der Waals surface area contributed by atoms with Crippen LogP contribution < -0.4 is 11.1 Å². The van der Waals surface area contributed by atoms with Crippen LogP contribution in [0.15, 0.2) is 12.3 Å². The van der Waals surface area contributed by atoms with E-state index in [9.17, 15) is 24.1 Å². The van der Waals surface area contributed by atoms with E-state index < -0.39 is 88.8 Å². The molecule has 4 N–H and O–H groups in total. The van der Waals surface area contributed by atoms with Crippen LogP contribution in [0.1, 0.15) is 41.0 Å². The lowest BCUT2D eigenvalue weighted by atomic mass is 9.94. The average Bonchev–Trinajstić information content (AvgIpc) is 3.07. The van der Waals surface area contributed by atoms with Crippen LogP contribution in [0.25, 0.3) is 0 Å². The Bertz CT molecular complexity index is 907. The summed E-state index contributed by atoms with van der Waals surface area (Å²) in [5.74, 6) is 0. The summed E-state index contributed by atoms with van der Waals surface area (Å²) < 4.78 is 68.1. The number of carbonyl (C=O) groups excluding carboxylic acids is 3. The molecule has 18 heteroatoms. The molecule has 2 aliphatic heterocycles. The zero-order valence-electron chi connectivity index (χ0n) is 22.1. The fraction of sp³-hybridized carbons (Fsp3) is 0.762. The molecular formula is C21H35FN3O13P. The van der Waals surface area contributed by atoms with Crippen LogP contribution in [0.4, 0.5) is 18.8 Å². The fourth-order valence-corrected chi connectivity index (χ4v) is 4.26. The second-order valence-corrected chi connectivity index (χ2v) is 10.5. The molecule has 224 valence electrons. The van der Waals surface area contributed by atoms with Gasteiger partial charge >= 0.3 is 26.2 Å². The first-order valence-electron chi connectivity index (χ1n) is 11.9. The lowest BCUT2D eigenvalue weighted by Gasteiger charge is -2.33. The largest absolute Gasteiger partial charge is 0.510 e. The van der Waals surface area contributed by atoms with Crippen LogP contribution in [0.2, 0.25) is 0 Å². The first-order chi connectivity index (χ1) is 18.2. The molecule has 1 fully saturated rings. The lowest BCUT2D eigenvalue weighted by molar-refractivity contribution is -0.136. The molecule has 0 aliphatic carbocycles. The number of nitrogens with one attached hydrogen (secondary N) is 1. The zero-order valence-corrected chi connectivity index (χ0v) is 23.0. The van der Waals surface area contributed by atoms with Crippen molar-refractivity contribution in [3.63, 3.8) is 0 Å². The van der Waals surface area contributed by atoms with Crippen molar-refractivity contribution in [3.8, 4) is 0 Å². The van der Waals surface area contributed by atoms with Crippen LogP contribution in [0.5, 0.6) is 0 Å². The quantitative estimate of drug-likeness (QED) is 0.161. The minimum atomic E-state index is -4.73. The van der Waals surface area contributed by atoms with E-state index in [0.29, 0.717) is 0 Å². The second-order valence-electron chi connectivity index (χ2n) is 8.88. The molecule has 16 nitrogen and oxygen atoms in total. The molecule has 2 heterocycles. The third-order valence-electron chi connectivity index (χ3n) is 5.23. The van der Waals surface area contributed by atoms with Crippen molar-refractivity contribution in [1.82, 2.24) is 10.2 Å². The molecule has 0 radical (unpaired) electrons. The summed E-state index contributed by atoms with van der Waals surface area (Å²) >= 11 is 0. The first-order valence-corrected chi connectivity index (χ1v) is 13.4. The number of nitrogens with zero attached hydrogens (tertiary/aromatic N) is 1. The van der Waals surface area contributed by atoms with E-state index in [-0.39, 0.29) is 6.42 Å². The molecule has 0 bridgehead atoms. The number of halogens is 1. The number of rotatable bonds is 13. The SMILES string of the molecule is CC[C@]1(COP(=O)(OCOC(=O)OC(C)C)OCOC(=O)OC(C)C)O[C@@H](N2C=CC(N)NC2=O)[C@H](F)[C@@H]1O. The van der Waals surface area contributed by atoms with E-state index in [1.54, 1.807) is 27.7 Å². The number of ether oxygens (including phenoxy) is 5. The Labute approximate surface area is 224 Å². The van der Waals surface area contributed by atoms with Gasteiger partial charge in [0.1, 0.15) is 11.7 Å². The molecule has 0 spiro atoms. The third kappa shape index (κ3) is 9.27. The van der Waals surface area contributed by atoms with E-state index in [1.807, 2.05) is 0 Å². The standard InChI is InChI=1S/C21H35FN3O13P/c1-6-21(16(26)15(22)17(38-21)25-8-7-14(23)24-18(25)27)9-33-39(30,34-10-31-19(28)36-12(2)3)35-11-32-20(29)37-13(4)5/h7-8,12-17,26H,6,9-11,23H2,1-5H3,(H,24,27)/t14?,15-,16+,17-,21-/m1/s1. The molecule has 2 rings (SSSR count). The molecule has 0 aromatic heterocycles. The molecule has 0 saturated carbocycles. The highest BCUT2D eigenvalue weighted by molar-refractivity contribution is 7.48. The van der Waals surface area contributed by atoms with Gasteiger partial charge in [-0.05, 0) is 40.2 Å². The van der Waals surface area contributed by atoms with Crippen LogP contribution in [0.3, 0.4) is 0 Å². The van der Waals surface area contributed by atoms with Crippen molar-refractivity contribution in [2.24, 2.45) is 5.73 Å². The Balaban J connectivity index is 2.12. The number of phosphoric ester groups is 1. The molecule has 1 saturated heterocycles. The number of alkyl halides is 1. The summed E-state index contributed by atoms with van der Waals surface area (Å²) in [7, 11) is -4.73. The maximum absolute atomic E-state index is 15.1. The highest BCUT2D eigenvalue weighted by atomic mass is 31.2. The van der Waals surface area contributed by atoms with Crippen LogP contribution in [-0.4, -0.2) is 91.0 Å². The van der Waals surface area contributed by atoms with Crippen molar-refractivity contribution in [2.45, 2.75) is 83.5 Å². The highest BCUT2D eigenvalue weighted by Gasteiger charge is 2.58. The smallest absolute Gasteiger partial charge is 0.432 e. The Hall–Kier alpha value is -2.53. The third-order valence-corrected chi connectivity index (χ3v) is 6.51. The molecule has 0 aromatic rings. The predicted octanol–water partition coefficient (Wildman–Crippen LogP) is 2.21. The number of amides is 2. The summed E-state index contributed by atoms with van der Waals surface area (Å²) in [5, 5.41) is 13.0. The van der Waals surface area contributed by atoms with Crippen LogP contribution in [-0.2, 0) is 41.8 Å². The molecule has 1 unspecified atom stereocenters. The van der Waals surface area contributed by atoms with Gasteiger partial charge in [-0.1, -0.05) is 6.92 Å². The second kappa shape index (κ2) is 14.2. The van der Waals surface area contributed by atoms with Crippen molar-refractivity contribution in [2.75, 3.05) is 20.2 Å². The monoisotopic (exact) mass is 587 g/mol. The molecular weight excluding hydrogens is 552 g/mol. The van der Waals surface area contributed by atoms with Gasteiger partial charge in [-0.2, -0.15) is 0 Å². The normalized spacial score (nSPS) is 27.0. The van der Waals surface area contributed by atoms with E-state index in [4.69, 9.17) is 33.5 Å². The predicted molar refractivity (Wildman–Crippen MR) is 127 cm³/mol. The van der Waals surface area contributed by atoms with Gasteiger partial charge in [0.15, 0.2) is 12.4 Å². The summed E-state index contributed by atoms with van der Waals surface area (Å²) in [6.07, 6.45) is -7.18. The van der Waals surface area contributed by atoms with Crippen molar-refractivity contribution < 1.29 is 65.7 Å². The van der Waals surface area contributed by atoms with Gasteiger partial charge in [-0.3, -0.25) is 9.42 Å². The maximum Gasteiger partial charge on any atom is 0.510 e. The highest BCUT2D eigenvalue weighted by Crippen LogP contribution is 2.51. The number of aliphatic hydroxyl groups is 1. The number of phosphoric acid groups is 1.